The van der Waals surface area contributed by atoms with Gasteiger partial charge in [-0.2, -0.15) is 5.26 Å². The molecule has 0 aliphatic rings. The van der Waals surface area contributed by atoms with Gasteiger partial charge in [-0.25, -0.2) is 13.2 Å². The number of nitrogens with zero attached hydrogens (tertiary/aromatic N) is 1. The van der Waals surface area contributed by atoms with Gasteiger partial charge in [0.15, 0.2) is 0 Å². The van der Waals surface area contributed by atoms with E-state index >= 15 is 0 Å². The number of rotatable bonds is 5. The molecule has 8 nitrogen and oxygen atoms in total. The average molecular weight is 272 g/mol. The summed E-state index contributed by atoms with van der Waals surface area (Å²) >= 11 is 0. The fourth-order valence-corrected chi connectivity index (χ4v) is 2.12. The van der Waals surface area contributed by atoms with E-state index in [0.29, 0.717) is 0 Å². The summed E-state index contributed by atoms with van der Waals surface area (Å²) in [6, 6.07) is 3.54. The number of carboxylic acid groups (broad SMARTS) is 1. The number of hydrogen-bond acceptors (Lipinski definition) is 6. The van der Waals surface area contributed by atoms with E-state index in [-0.39, 0.29) is 6.54 Å². The molecule has 0 saturated carbocycles. The van der Waals surface area contributed by atoms with Crippen LogP contribution in [0.1, 0.15) is 10.6 Å². The Morgan fingerprint density at radius 2 is 2.11 bits per heavy atom. The summed E-state index contributed by atoms with van der Waals surface area (Å²) in [6.07, 6.45) is 0. The minimum Gasteiger partial charge on any atom is -0.475 e. The van der Waals surface area contributed by atoms with Gasteiger partial charge in [0.2, 0.25) is 26.6 Å². The molecule has 0 radical (unpaired) electrons. The molecule has 1 aromatic rings. The maximum absolute atomic E-state index is 11.6. The summed E-state index contributed by atoms with van der Waals surface area (Å²) < 4.78 is 27.8. The lowest BCUT2D eigenvalue weighted by molar-refractivity contribution is -0.118. The van der Waals surface area contributed by atoms with E-state index in [4.69, 9.17) is 10.4 Å². The van der Waals surface area contributed by atoms with Crippen LogP contribution in [0.25, 0.3) is 0 Å². The predicted octanol–water partition coefficient (Wildman–Crippen LogP) is -0.609. The highest BCUT2D eigenvalue weighted by atomic mass is 32.2. The highest BCUT2D eigenvalue weighted by Gasteiger charge is 2.24. The molecule has 0 aliphatic heterocycles. The Morgan fingerprint density at radius 3 is 2.61 bits per heavy atom. The molecule has 0 aliphatic carbocycles. The molecule has 18 heavy (non-hydrogen) atoms. The first kappa shape index (κ1) is 13.7. The van der Waals surface area contributed by atoms with Gasteiger partial charge in [0.05, 0.1) is 6.07 Å². The Bertz CT molecular complexity index is 609. The van der Waals surface area contributed by atoms with Gasteiger partial charge in [-0.3, -0.25) is 4.79 Å². The summed E-state index contributed by atoms with van der Waals surface area (Å²) in [5, 5.41) is 18.2. The van der Waals surface area contributed by atoms with Crippen molar-refractivity contribution in [1.82, 2.24) is 5.32 Å². The molecule has 0 fully saturated rings. The highest BCUT2D eigenvalue weighted by molar-refractivity contribution is 7.92. The van der Waals surface area contributed by atoms with E-state index in [1.807, 2.05) is 0 Å². The number of sulfone groups is 1. The zero-order chi connectivity index (χ0) is 13.8. The number of amides is 1. The number of aromatic carboxylic acids is 1. The van der Waals surface area contributed by atoms with Gasteiger partial charge in [-0.1, -0.05) is 0 Å². The third-order valence-corrected chi connectivity index (χ3v) is 3.26. The van der Waals surface area contributed by atoms with Crippen molar-refractivity contribution in [3.8, 4) is 6.07 Å². The topological polar surface area (TPSA) is 137 Å². The van der Waals surface area contributed by atoms with Gasteiger partial charge in [0, 0.05) is 0 Å². The van der Waals surface area contributed by atoms with Crippen molar-refractivity contribution in [1.29, 1.82) is 5.26 Å². The summed E-state index contributed by atoms with van der Waals surface area (Å²) in [5.41, 5.74) is 0. The lowest BCUT2D eigenvalue weighted by Gasteiger charge is -2.00. The number of furan rings is 1. The van der Waals surface area contributed by atoms with Crippen LogP contribution >= 0.6 is 0 Å². The SMILES string of the molecule is N#CCNC(=O)CS(=O)(=O)c1ccc(C(=O)O)o1. The Hall–Kier alpha value is -2.34. The van der Waals surface area contributed by atoms with Crippen molar-refractivity contribution in [3.05, 3.63) is 17.9 Å². The number of carboxylic acids is 1. The number of nitrogens with one attached hydrogen (secondary N) is 1. The van der Waals surface area contributed by atoms with Crippen LogP contribution in [0.15, 0.2) is 21.6 Å². The van der Waals surface area contributed by atoms with Gasteiger partial charge in [-0.15, -0.1) is 0 Å². The van der Waals surface area contributed by atoms with Crippen LogP contribution < -0.4 is 5.32 Å². The summed E-state index contributed by atoms with van der Waals surface area (Å²) in [6.45, 7) is -0.313. The third kappa shape index (κ3) is 3.33. The standard InChI is InChI=1S/C9H8N2O6S/c10-3-4-11-7(12)5-18(15,16)8-2-1-6(17-8)9(13)14/h1-2H,4-5H2,(H,11,12)(H,13,14). The van der Waals surface area contributed by atoms with Crippen LogP contribution in [0.3, 0.4) is 0 Å². The minimum absolute atomic E-state index is 0.313. The smallest absolute Gasteiger partial charge is 0.371 e. The quantitative estimate of drug-likeness (QED) is 0.682. The van der Waals surface area contributed by atoms with Crippen LogP contribution in [0, 0.1) is 11.3 Å². The molecule has 1 aromatic heterocycles. The second kappa shape index (κ2) is 5.33. The third-order valence-electron chi connectivity index (χ3n) is 1.78. The Balaban J connectivity index is 2.83. The Kier molecular flexibility index (Phi) is 4.06. The second-order valence-corrected chi connectivity index (χ2v) is 5.04. The summed E-state index contributed by atoms with van der Waals surface area (Å²) in [4.78, 5) is 21.6. The van der Waals surface area contributed by atoms with Crippen molar-refractivity contribution in [2.75, 3.05) is 12.3 Å². The molecule has 0 saturated heterocycles. The summed E-state index contributed by atoms with van der Waals surface area (Å²) in [7, 11) is -4.05. The molecule has 0 unspecified atom stereocenters. The van der Waals surface area contributed by atoms with Gasteiger partial charge in [0.1, 0.15) is 12.3 Å². The molecule has 1 heterocycles. The molecule has 0 bridgehead atoms. The van der Waals surface area contributed by atoms with E-state index in [2.05, 4.69) is 9.73 Å². The lowest BCUT2D eigenvalue weighted by atomic mass is 10.5. The zero-order valence-corrected chi connectivity index (χ0v) is 9.73. The fourth-order valence-electron chi connectivity index (χ4n) is 1.04. The molecule has 9 heteroatoms. The first-order valence-electron chi connectivity index (χ1n) is 4.56. The van der Waals surface area contributed by atoms with Crippen molar-refractivity contribution in [2.24, 2.45) is 0 Å². The number of nitriles is 1. The monoisotopic (exact) mass is 272 g/mol. The molecule has 1 amide bonds. The van der Waals surface area contributed by atoms with E-state index in [9.17, 15) is 18.0 Å². The lowest BCUT2D eigenvalue weighted by Crippen LogP contribution is -2.30. The van der Waals surface area contributed by atoms with E-state index in [0.717, 1.165) is 12.1 Å². The molecular formula is C9H8N2O6S. The van der Waals surface area contributed by atoms with Gasteiger partial charge in [0.25, 0.3) is 0 Å². The molecular weight excluding hydrogens is 264 g/mol. The average Bonchev–Trinajstić information content (AvgIpc) is 2.75. The van der Waals surface area contributed by atoms with Gasteiger partial charge >= 0.3 is 5.97 Å². The molecule has 0 aromatic carbocycles. The van der Waals surface area contributed by atoms with Gasteiger partial charge in [-0.05, 0) is 12.1 Å². The van der Waals surface area contributed by atoms with Crippen LogP contribution in [-0.2, 0) is 14.6 Å². The molecule has 1 rings (SSSR count). The Morgan fingerprint density at radius 1 is 1.44 bits per heavy atom. The predicted molar refractivity (Wildman–Crippen MR) is 56.3 cm³/mol. The molecule has 96 valence electrons. The largest absolute Gasteiger partial charge is 0.475 e. The van der Waals surface area contributed by atoms with Crippen LogP contribution in [-0.4, -0.2) is 37.7 Å². The van der Waals surface area contributed by atoms with E-state index in [1.165, 1.54) is 0 Å². The van der Waals surface area contributed by atoms with Crippen molar-refractivity contribution in [2.45, 2.75) is 5.09 Å². The number of carbonyl (C=O) groups is 2. The van der Waals surface area contributed by atoms with E-state index < -0.39 is 38.3 Å². The van der Waals surface area contributed by atoms with Crippen LogP contribution in [0.2, 0.25) is 0 Å². The second-order valence-electron chi connectivity index (χ2n) is 3.12. The minimum atomic E-state index is -4.05. The van der Waals surface area contributed by atoms with Crippen molar-refractivity contribution in [3.63, 3.8) is 0 Å². The first-order valence-corrected chi connectivity index (χ1v) is 6.21. The normalized spacial score (nSPS) is 10.6. The Labute approximate surface area is 102 Å². The summed E-state index contributed by atoms with van der Waals surface area (Å²) in [5.74, 6) is -3.73. The van der Waals surface area contributed by atoms with Gasteiger partial charge < -0.3 is 14.8 Å². The van der Waals surface area contributed by atoms with E-state index in [1.54, 1.807) is 6.07 Å². The number of hydrogen-bond donors (Lipinski definition) is 2. The van der Waals surface area contributed by atoms with Crippen LogP contribution in [0.5, 0.6) is 0 Å². The van der Waals surface area contributed by atoms with Crippen molar-refractivity contribution >= 4 is 21.7 Å². The first-order chi connectivity index (χ1) is 8.36. The molecule has 0 spiro atoms. The maximum atomic E-state index is 11.6. The van der Waals surface area contributed by atoms with Crippen molar-refractivity contribution < 1.29 is 27.5 Å². The highest BCUT2D eigenvalue weighted by Crippen LogP contribution is 2.15. The maximum Gasteiger partial charge on any atom is 0.371 e. The van der Waals surface area contributed by atoms with Crippen LogP contribution in [0.4, 0.5) is 0 Å². The fraction of sp³-hybridized carbons (Fsp3) is 0.222. The molecule has 0 atom stereocenters. The molecule has 2 N–H and O–H groups in total. The zero-order valence-electron chi connectivity index (χ0n) is 8.91. The number of carbonyl (C=O) groups excluding carboxylic acids is 1.